The van der Waals surface area contributed by atoms with Crippen LogP contribution in [-0.2, 0) is 4.79 Å². The predicted molar refractivity (Wildman–Crippen MR) is 113 cm³/mol. The molecule has 1 aromatic heterocycles. The van der Waals surface area contributed by atoms with Crippen LogP contribution in [0.3, 0.4) is 0 Å². The normalized spacial score (nSPS) is 17.6. The van der Waals surface area contributed by atoms with E-state index in [1.165, 1.54) is 0 Å². The van der Waals surface area contributed by atoms with Crippen molar-refractivity contribution in [3.63, 3.8) is 0 Å². The maximum atomic E-state index is 12.6. The first-order chi connectivity index (χ1) is 14.1. The number of hydrogen-bond acceptors (Lipinski definition) is 4. The zero-order chi connectivity index (χ0) is 20.2. The summed E-state index contributed by atoms with van der Waals surface area (Å²) in [5.74, 6) is 0.289. The van der Waals surface area contributed by atoms with Gasteiger partial charge in [0, 0.05) is 55.9 Å². The molecule has 29 heavy (non-hydrogen) atoms. The molecule has 1 aromatic carbocycles. The standard InChI is InChI=1S/C22H27N5O2/c1-16(17-4-6-19(7-5-17)25-21(28)18-2-3-18)24-22(29)27-14-12-26(13-15-27)20-8-10-23-11-9-20/h4-11,16,18H,2-3,12-15H2,1H3,(H,24,29)(H,25,28). The molecule has 2 aromatic rings. The van der Waals surface area contributed by atoms with E-state index in [0.29, 0.717) is 13.1 Å². The Labute approximate surface area is 171 Å². The summed E-state index contributed by atoms with van der Waals surface area (Å²) in [6, 6.07) is 11.5. The smallest absolute Gasteiger partial charge is 0.317 e. The Bertz CT molecular complexity index is 843. The fourth-order valence-electron chi connectivity index (χ4n) is 3.53. The molecule has 1 aliphatic heterocycles. The Morgan fingerprint density at radius 3 is 2.28 bits per heavy atom. The van der Waals surface area contributed by atoms with E-state index in [1.54, 1.807) is 12.4 Å². The third-order valence-electron chi connectivity index (χ3n) is 5.56. The Balaban J connectivity index is 1.26. The van der Waals surface area contributed by atoms with Crippen LogP contribution in [-0.4, -0.2) is 48.0 Å². The molecular weight excluding hydrogens is 366 g/mol. The van der Waals surface area contributed by atoms with Crippen LogP contribution >= 0.6 is 0 Å². The molecule has 1 saturated carbocycles. The van der Waals surface area contributed by atoms with Gasteiger partial charge >= 0.3 is 6.03 Å². The molecule has 1 unspecified atom stereocenters. The molecule has 7 nitrogen and oxygen atoms in total. The first-order valence-electron chi connectivity index (χ1n) is 10.2. The van der Waals surface area contributed by atoms with Gasteiger partial charge in [-0.1, -0.05) is 12.1 Å². The van der Waals surface area contributed by atoms with Crippen LogP contribution in [0.25, 0.3) is 0 Å². The lowest BCUT2D eigenvalue weighted by molar-refractivity contribution is -0.117. The summed E-state index contributed by atoms with van der Waals surface area (Å²) in [7, 11) is 0. The highest BCUT2D eigenvalue weighted by Crippen LogP contribution is 2.30. The summed E-state index contributed by atoms with van der Waals surface area (Å²) < 4.78 is 0. The van der Waals surface area contributed by atoms with E-state index in [-0.39, 0.29) is 23.9 Å². The van der Waals surface area contributed by atoms with Crippen LogP contribution in [0.1, 0.15) is 31.4 Å². The average molecular weight is 393 g/mol. The minimum absolute atomic E-state index is 0.0435. The zero-order valence-electron chi connectivity index (χ0n) is 16.7. The van der Waals surface area contributed by atoms with Gasteiger partial charge in [-0.2, -0.15) is 0 Å². The molecule has 3 amide bonds. The number of pyridine rings is 1. The van der Waals surface area contributed by atoms with Crippen molar-refractivity contribution in [1.29, 1.82) is 0 Å². The molecule has 4 rings (SSSR count). The number of piperazine rings is 1. The number of aromatic nitrogens is 1. The SMILES string of the molecule is CC(NC(=O)N1CCN(c2ccncc2)CC1)c1ccc(NC(=O)C2CC2)cc1. The summed E-state index contributed by atoms with van der Waals surface area (Å²) >= 11 is 0. The van der Waals surface area contributed by atoms with Gasteiger partial charge in [0.15, 0.2) is 0 Å². The maximum absolute atomic E-state index is 12.6. The van der Waals surface area contributed by atoms with E-state index < -0.39 is 0 Å². The summed E-state index contributed by atoms with van der Waals surface area (Å²) in [4.78, 5) is 32.7. The van der Waals surface area contributed by atoms with Crippen LogP contribution in [0.15, 0.2) is 48.8 Å². The molecule has 2 N–H and O–H groups in total. The number of anilines is 2. The van der Waals surface area contributed by atoms with Gasteiger partial charge < -0.3 is 20.4 Å². The molecule has 152 valence electrons. The number of rotatable bonds is 5. The number of hydrogen-bond donors (Lipinski definition) is 2. The number of benzene rings is 1. The third kappa shape index (κ3) is 4.85. The topological polar surface area (TPSA) is 77.6 Å². The number of carbonyl (C=O) groups is 2. The first-order valence-corrected chi connectivity index (χ1v) is 10.2. The van der Waals surface area contributed by atoms with Gasteiger partial charge in [-0.05, 0) is 49.6 Å². The number of amides is 3. The lowest BCUT2D eigenvalue weighted by Gasteiger charge is -2.36. The Morgan fingerprint density at radius 2 is 1.66 bits per heavy atom. The molecule has 2 heterocycles. The highest BCUT2D eigenvalue weighted by atomic mass is 16.2. The average Bonchev–Trinajstić information content (AvgIpc) is 3.60. The summed E-state index contributed by atoms with van der Waals surface area (Å²) in [5, 5.41) is 6.02. The second-order valence-corrected chi connectivity index (χ2v) is 7.74. The lowest BCUT2D eigenvalue weighted by Crippen LogP contribution is -2.52. The van der Waals surface area contributed by atoms with Crippen LogP contribution in [0.5, 0.6) is 0 Å². The van der Waals surface area contributed by atoms with Crippen molar-refractivity contribution >= 4 is 23.3 Å². The van der Waals surface area contributed by atoms with Gasteiger partial charge in [-0.25, -0.2) is 4.79 Å². The second-order valence-electron chi connectivity index (χ2n) is 7.74. The highest BCUT2D eigenvalue weighted by molar-refractivity contribution is 5.94. The minimum Gasteiger partial charge on any atom is -0.368 e. The first kappa shape index (κ1) is 19.2. The zero-order valence-corrected chi connectivity index (χ0v) is 16.7. The van der Waals surface area contributed by atoms with Crippen molar-refractivity contribution in [2.45, 2.75) is 25.8 Å². The largest absolute Gasteiger partial charge is 0.368 e. The molecule has 0 bridgehead atoms. The predicted octanol–water partition coefficient (Wildman–Crippen LogP) is 3.02. The van der Waals surface area contributed by atoms with E-state index in [2.05, 4.69) is 20.5 Å². The van der Waals surface area contributed by atoms with Crippen molar-refractivity contribution in [2.75, 3.05) is 36.4 Å². The quantitative estimate of drug-likeness (QED) is 0.819. The second kappa shape index (κ2) is 8.51. The van der Waals surface area contributed by atoms with Crippen molar-refractivity contribution in [3.8, 4) is 0 Å². The molecule has 2 aliphatic rings. The fourth-order valence-corrected chi connectivity index (χ4v) is 3.53. The summed E-state index contributed by atoms with van der Waals surface area (Å²) in [5.41, 5.74) is 2.96. The molecule has 7 heteroatoms. The number of nitrogens with zero attached hydrogens (tertiary/aromatic N) is 3. The van der Waals surface area contributed by atoms with Gasteiger partial charge in [0.1, 0.15) is 0 Å². The molecular formula is C22H27N5O2. The molecule has 0 radical (unpaired) electrons. The fraction of sp³-hybridized carbons (Fsp3) is 0.409. The molecule has 1 atom stereocenters. The van der Waals surface area contributed by atoms with Crippen molar-refractivity contribution in [2.24, 2.45) is 5.92 Å². The van der Waals surface area contributed by atoms with Crippen molar-refractivity contribution < 1.29 is 9.59 Å². The minimum atomic E-state index is -0.103. The van der Waals surface area contributed by atoms with E-state index in [0.717, 1.165) is 42.9 Å². The summed E-state index contributed by atoms with van der Waals surface area (Å²) in [6.07, 6.45) is 5.56. The number of carbonyl (C=O) groups excluding carboxylic acids is 2. The van der Waals surface area contributed by atoms with Gasteiger partial charge in [0.2, 0.25) is 5.91 Å². The summed E-state index contributed by atoms with van der Waals surface area (Å²) in [6.45, 7) is 4.96. The van der Waals surface area contributed by atoms with E-state index >= 15 is 0 Å². The number of urea groups is 1. The molecule has 2 fully saturated rings. The Hall–Kier alpha value is -3.09. The van der Waals surface area contributed by atoms with Crippen LogP contribution in [0, 0.1) is 5.92 Å². The van der Waals surface area contributed by atoms with Crippen molar-refractivity contribution in [1.82, 2.24) is 15.2 Å². The molecule has 0 spiro atoms. The van der Waals surface area contributed by atoms with Gasteiger partial charge in [-0.3, -0.25) is 9.78 Å². The van der Waals surface area contributed by atoms with Gasteiger partial charge in [0.25, 0.3) is 0 Å². The lowest BCUT2D eigenvalue weighted by atomic mass is 10.1. The highest BCUT2D eigenvalue weighted by Gasteiger charge is 2.29. The number of nitrogens with one attached hydrogen (secondary N) is 2. The monoisotopic (exact) mass is 393 g/mol. The molecule has 1 saturated heterocycles. The maximum Gasteiger partial charge on any atom is 0.317 e. The Kier molecular flexibility index (Phi) is 5.64. The third-order valence-corrected chi connectivity index (χ3v) is 5.56. The molecule has 1 aliphatic carbocycles. The van der Waals surface area contributed by atoms with E-state index in [9.17, 15) is 9.59 Å². The van der Waals surface area contributed by atoms with Crippen LogP contribution in [0.2, 0.25) is 0 Å². The van der Waals surface area contributed by atoms with Gasteiger partial charge in [0.05, 0.1) is 6.04 Å². The van der Waals surface area contributed by atoms with Gasteiger partial charge in [-0.15, -0.1) is 0 Å². The Morgan fingerprint density at radius 1 is 1.00 bits per heavy atom. The van der Waals surface area contributed by atoms with Crippen LogP contribution in [0.4, 0.5) is 16.2 Å². The van der Waals surface area contributed by atoms with E-state index in [4.69, 9.17) is 0 Å². The van der Waals surface area contributed by atoms with E-state index in [1.807, 2.05) is 48.2 Å². The van der Waals surface area contributed by atoms with Crippen molar-refractivity contribution in [3.05, 3.63) is 54.4 Å². The van der Waals surface area contributed by atoms with Crippen LogP contribution < -0.4 is 15.5 Å².